The van der Waals surface area contributed by atoms with Crippen LogP contribution < -0.4 is 10.5 Å². The number of hydrogen-bond acceptors (Lipinski definition) is 3. The minimum atomic E-state index is -4.38. The number of hydrogen-bond donors (Lipinski definition) is 1. The summed E-state index contributed by atoms with van der Waals surface area (Å²) in [6.07, 6.45) is -4.26. The van der Waals surface area contributed by atoms with Crippen LogP contribution in [0.1, 0.15) is 32.0 Å². The minimum absolute atomic E-state index is 0.0851. The van der Waals surface area contributed by atoms with Crippen molar-refractivity contribution in [3.05, 3.63) is 24.0 Å². The van der Waals surface area contributed by atoms with E-state index in [-0.39, 0.29) is 11.8 Å². The van der Waals surface area contributed by atoms with Crippen molar-refractivity contribution < 1.29 is 17.9 Å². The number of rotatable bonds is 4. The molecule has 1 heterocycles. The third-order valence-electron chi connectivity index (χ3n) is 2.35. The molecule has 3 nitrogen and oxygen atoms in total. The number of pyridine rings is 1. The van der Waals surface area contributed by atoms with E-state index in [1.54, 1.807) is 6.07 Å². The molecule has 1 aromatic heterocycles. The Kier molecular flexibility index (Phi) is 4.34. The number of alkyl halides is 3. The molecule has 0 aliphatic carbocycles. The van der Waals surface area contributed by atoms with Crippen molar-refractivity contribution in [2.75, 3.05) is 0 Å². The Morgan fingerprint density at radius 2 is 2.06 bits per heavy atom. The molecule has 2 atom stereocenters. The zero-order chi connectivity index (χ0) is 13.1. The SMILES string of the molecule is CC[C@H](N)c1ccc(OC(C)C(F)(F)F)cn1. The number of halogens is 3. The maximum atomic E-state index is 12.2. The van der Waals surface area contributed by atoms with Gasteiger partial charge in [-0.25, -0.2) is 0 Å². The van der Waals surface area contributed by atoms with Crippen LogP contribution in [0.4, 0.5) is 13.2 Å². The summed E-state index contributed by atoms with van der Waals surface area (Å²) in [5, 5.41) is 0. The average Bonchev–Trinajstić information content (AvgIpc) is 2.27. The van der Waals surface area contributed by atoms with E-state index in [1.807, 2.05) is 6.92 Å². The Bertz CT molecular complexity index is 351. The standard InChI is InChI=1S/C11H15F3N2O/c1-3-9(15)10-5-4-8(6-16-10)17-7(2)11(12,13)14/h4-7,9H,3,15H2,1-2H3/t7?,9-/m0/s1. The molecular weight excluding hydrogens is 233 g/mol. The number of aromatic nitrogens is 1. The van der Waals surface area contributed by atoms with E-state index >= 15 is 0 Å². The number of nitrogens with two attached hydrogens (primary N) is 1. The van der Waals surface area contributed by atoms with Gasteiger partial charge in [-0.1, -0.05) is 6.92 Å². The highest BCUT2D eigenvalue weighted by Gasteiger charge is 2.38. The molecule has 0 aromatic carbocycles. The van der Waals surface area contributed by atoms with Crippen molar-refractivity contribution in [2.45, 2.75) is 38.6 Å². The van der Waals surface area contributed by atoms with Gasteiger partial charge in [0, 0.05) is 6.04 Å². The normalized spacial score (nSPS) is 15.4. The van der Waals surface area contributed by atoms with Crippen molar-refractivity contribution >= 4 is 0 Å². The molecule has 0 aliphatic heterocycles. The van der Waals surface area contributed by atoms with Gasteiger partial charge in [0.15, 0.2) is 6.10 Å². The van der Waals surface area contributed by atoms with E-state index < -0.39 is 12.3 Å². The highest BCUT2D eigenvalue weighted by Crippen LogP contribution is 2.25. The van der Waals surface area contributed by atoms with E-state index in [9.17, 15) is 13.2 Å². The molecule has 0 radical (unpaired) electrons. The first-order valence-corrected chi connectivity index (χ1v) is 5.29. The van der Waals surface area contributed by atoms with Gasteiger partial charge >= 0.3 is 6.18 Å². The highest BCUT2D eigenvalue weighted by atomic mass is 19.4. The first kappa shape index (κ1) is 13.8. The van der Waals surface area contributed by atoms with Gasteiger partial charge < -0.3 is 10.5 Å². The Labute approximate surface area is 97.8 Å². The summed E-state index contributed by atoms with van der Waals surface area (Å²) < 4.78 is 41.4. The summed E-state index contributed by atoms with van der Waals surface area (Å²) in [7, 11) is 0. The molecule has 0 amide bonds. The fourth-order valence-corrected chi connectivity index (χ4v) is 1.16. The molecule has 1 unspecified atom stereocenters. The van der Waals surface area contributed by atoms with E-state index in [0.717, 1.165) is 6.92 Å². The van der Waals surface area contributed by atoms with Crippen molar-refractivity contribution in [1.82, 2.24) is 4.98 Å². The van der Waals surface area contributed by atoms with Gasteiger partial charge in [-0.05, 0) is 25.5 Å². The third kappa shape index (κ3) is 3.89. The summed E-state index contributed by atoms with van der Waals surface area (Å²) in [5.74, 6) is 0.0851. The fraction of sp³-hybridized carbons (Fsp3) is 0.545. The van der Waals surface area contributed by atoms with Crippen LogP contribution >= 0.6 is 0 Å². The second-order valence-electron chi connectivity index (χ2n) is 3.74. The maximum absolute atomic E-state index is 12.2. The molecule has 96 valence electrons. The van der Waals surface area contributed by atoms with Crippen LogP contribution in [0.5, 0.6) is 5.75 Å². The van der Waals surface area contributed by atoms with Crippen molar-refractivity contribution in [3.8, 4) is 5.75 Å². The highest BCUT2D eigenvalue weighted by molar-refractivity contribution is 5.21. The van der Waals surface area contributed by atoms with E-state index in [1.165, 1.54) is 12.3 Å². The van der Waals surface area contributed by atoms with Crippen LogP contribution in [0.3, 0.4) is 0 Å². The fourth-order valence-electron chi connectivity index (χ4n) is 1.16. The Morgan fingerprint density at radius 1 is 1.41 bits per heavy atom. The molecular formula is C11H15F3N2O. The molecule has 1 aromatic rings. The van der Waals surface area contributed by atoms with E-state index in [4.69, 9.17) is 10.5 Å². The predicted molar refractivity (Wildman–Crippen MR) is 57.6 cm³/mol. The molecule has 2 N–H and O–H groups in total. The topological polar surface area (TPSA) is 48.1 Å². The largest absolute Gasteiger partial charge is 0.480 e. The molecule has 0 bridgehead atoms. The lowest BCUT2D eigenvalue weighted by Gasteiger charge is -2.17. The average molecular weight is 248 g/mol. The van der Waals surface area contributed by atoms with Gasteiger partial charge in [0.1, 0.15) is 5.75 Å². The molecule has 0 spiro atoms. The van der Waals surface area contributed by atoms with Crippen LogP contribution in [0.25, 0.3) is 0 Å². The summed E-state index contributed by atoms with van der Waals surface area (Å²) in [6.45, 7) is 2.86. The summed E-state index contributed by atoms with van der Waals surface area (Å²) in [5.41, 5.74) is 6.37. The van der Waals surface area contributed by atoms with Crippen LogP contribution in [0.15, 0.2) is 18.3 Å². The van der Waals surface area contributed by atoms with Crippen molar-refractivity contribution in [1.29, 1.82) is 0 Å². The molecule has 1 rings (SSSR count). The Hall–Kier alpha value is -1.30. The monoisotopic (exact) mass is 248 g/mol. The summed E-state index contributed by atoms with van der Waals surface area (Å²) >= 11 is 0. The maximum Gasteiger partial charge on any atom is 0.425 e. The van der Waals surface area contributed by atoms with Crippen molar-refractivity contribution in [2.24, 2.45) is 5.73 Å². The quantitative estimate of drug-likeness (QED) is 0.891. The first-order valence-electron chi connectivity index (χ1n) is 5.29. The van der Waals surface area contributed by atoms with E-state index in [2.05, 4.69) is 4.98 Å². The molecule has 17 heavy (non-hydrogen) atoms. The van der Waals surface area contributed by atoms with Gasteiger partial charge in [0.05, 0.1) is 11.9 Å². The summed E-state index contributed by atoms with van der Waals surface area (Å²) in [6, 6.07) is 2.82. The zero-order valence-corrected chi connectivity index (χ0v) is 9.66. The first-order chi connectivity index (χ1) is 7.84. The van der Waals surface area contributed by atoms with Crippen LogP contribution in [0.2, 0.25) is 0 Å². The lowest BCUT2D eigenvalue weighted by Crippen LogP contribution is -2.31. The van der Waals surface area contributed by atoms with Crippen LogP contribution in [0, 0.1) is 0 Å². The number of ether oxygens (including phenoxy) is 1. The molecule has 0 saturated carbocycles. The molecule has 0 aliphatic rings. The predicted octanol–water partition coefficient (Wildman–Crippen LogP) is 2.82. The number of nitrogens with zero attached hydrogens (tertiary/aromatic N) is 1. The van der Waals surface area contributed by atoms with Crippen molar-refractivity contribution in [3.63, 3.8) is 0 Å². The van der Waals surface area contributed by atoms with Gasteiger partial charge in [-0.15, -0.1) is 0 Å². The zero-order valence-electron chi connectivity index (χ0n) is 9.66. The third-order valence-corrected chi connectivity index (χ3v) is 2.35. The molecule has 6 heteroatoms. The van der Waals surface area contributed by atoms with Gasteiger partial charge in [0.25, 0.3) is 0 Å². The second-order valence-corrected chi connectivity index (χ2v) is 3.74. The van der Waals surface area contributed by atoms with Crippen LogP contribution in [-0.2, 0) is 0 Å². The lowest BCUT2D eigenvalue weighted by molar-refractivity contribution is -0.189. The molecule has 0 saturated heterocycles. The minimum Gasteiger partial charge on any atom is -0.480 e. The second kappa shape index (κ2) is 5.35. The molecule has 0 fully saturated rings. The lowest BCUT2D eigenvalue weighted by atomic mass is 10.1. The van der Waals surface area contributed by atoms with E-state index in [0.29, 0.717) is 12.1 Å². The van der Waals surface area contributed by atoms with Gasteiger partial charge in [0.2, 0.25) is 0 Å². The summed E-state index contributed by atoms with van der Waals surface area (Å²) in [4.78, 5) is 3.97. The smallest absolute Gasteiger partial charge is 0.425 e. The Morgan fingerprint density at radius 3 is 2.47 bits per heavy atom. The Balaban J connectivity index is 2.69. The van der Waals surface area contributed by atoms with Crippen LogP contribution in [-0.4, -0.2) is 17.3 Å². The van der Waals surface area contributed by atoms with Gasteiger partial charge in [-0.2, -0.15) is 13.2 Å². The van der Waals surface area contributed by atoms with Gasteiger partial charge in [-0.3, -0.25) is 4.98 Å².